The van der Waals surface area contributed by atoms with Gasteiger partial charge >= 0.3 is 0 Å². The lowest BCUT2D eigenvalue weighted by Gasteiger charge is -2.03. The van der Waals surface area contributed by atoms with Gasteiger partial charge in [0.05, 0.1) is 9.26 Å². The van der Waals surface area contributed by atoms with E-state index in [0.717, 1.165) is 21.5 Å². The summed E-state index contributed by atoms with van der Waals surface area (Å²) in [5.74, 6) is 0.792. The van der Waals surface area contributed by atoms with Gasteiger partial charge in [-0.05, 0) is 41.0 Å². The lowest BCUT2D eigenvalue weighted by molar-refractivity contribution is 0.943. The molecule has 0 aromatic carbocycles. The molecule has 0 aliphatic heterocycles. The van der Waals surface area contributed by atoms with Gasteiger partial charge in [0.1, 0.15) is 11.0 Å². The van der Waals surface area contributed by atoms with E-state index in [4.69, 9.17) is 11.6 Å². The molecule has 15 heavy (non-hydrogen) atoms. The molecule has 0 unspecified atom stereocenters. The number of thiophene rings is 1. The number of nitrogens with zero attached hydrogens (tertiary/aromatic N) is 2. The molecule has 0 bridgehead atoms. The summed E-state index contributed by atoms with van der Waals surface area (Å²) in [4.78, 5) is 9.93. The third kappa shape index (κ3) is 2.68. The van der Waals surface area contributed by atoms with Gasteiger partial charge in [0, 0.05) is 11.3 Å². The molecule has 0 fully saturated rings. The largest absolute Gasteiger partial charge is 0.237 e. The molecule has 2 heterocycles. The van der Waals surface area contributed by atoms with Crippen molar-refractivity contribution in [1.82, 2.24) is 9.97 Å². The van der Waals surface area contributed by atoms with Crippen molar-refractivity contribution >= 4 is 45.5 Å². The number of rotatable bonds is 2. The minimum Gasteiger partial charge on any atom is -0.237 e. The van der Waals surface area contributed by atoms with Crippen molar-refractivity contribution in [2.45, 2.75) is 13.3 Å². The topological polar surface area (TPSA) is 25.8 Å². The highest BCUT2D eigenvalue weighted by atomic mass is 127. The van der Waals surface area contributed by atoms with Gasteiger partial charge in [-0.3, -0.25) is 0 Å². The Morgan fingerprint density at radius 2 is 2.27 bits per heavy atom. The molecule has 0 saturated carbocycles. The van der Waals surface area contributed by atoms with Gasteiger partial charge in [-0.25, -0.2) is 9.97 Å². The van der Waals surface area contributed by atoms with Crippen LogP contribution in [0.25, 0.3) is 0 Å². The molecular formula is C10H8ClIN2S. The van der Waals surface area contributed by atoms with E-state index in [0.29, 0.717) is 5.15 Å². The third-order valence-corrected chi connectivity index (χ3v) is 4.70. The van der Waals surface area contributed by atoms with Gasteiger partial charge in [0.2, 0.25) is 0 Å². The van der Waals surface area contributed by atoms with Crippen molar-refractivity contribution in [2.24, 2.45) is 0 Å². The lowest BCUT2D eigenvalue weighted by Crippen LogP contribution is -2.00. The summed E-state index contributed by atoms with van der Waals surface area (Å²) in [6, 6.07) is 4.11. The molecule has 2 rings (SSSR count). The first-order chi connectivity index (χ1) is 7.16. The standard InChI is InChI=1S/C10H8ClIN2S/c1-6-9(12)10(11)14-8(13-6)5-7-3-2-4-15-7/h2-4H,5H2,1H3. The fourth-order valence-electron chi connectivity index (χ4n) is 1.23. The highest BCUT2D eigenvalue weighted by molar-refractivity contribution is 14.1. The smallest absolute Gasteiger partial charge is 0.146 e. The van der Waals surface area contributed by atoms with Crippen LogP contribution in [0.15, 0.2) is 17.5 Å². The minimum absolute atomic E-state index is 0.551. The van der Waals surface area contributed by atoms with Crippen LogP contribution in [0, 0.1) is 10.5 Å². The molecule has 0 saturated heterocycles. The molecule has 2 aromatic rings. The summed E-state index contributed by atoms with van der Waals surface area (Å²) in [7, 11) is 0. The Kier molecular flexibility index (Phi) is 3.58. The Morgan fingerprint density at radius 1 is 1.47 bits per heavy atom. The summed E-state index contributed by atoms with van der Waals surface area (Å²) in [6.45, 7) is 1.95. The zero-order valence-electron chi connectivity index (χ0n) is 8.00. The van der Waals surface area contributed by atoms with Crippen LogP contribution in [-0.4, -0.2) is 9.97 Å². The van der Waals surface area contributed by atoms with Crippen LogP contribution < -0.4 is 0 Å². The van der Waals surface area contributed by atoms with Gasteiger partial charge in [0.25, 0.3) is 0 Å². The van der Waals surface area contributed by atoms with Crippen LogP contribution in [0.1, 0.15) is 16.4 Å². The second kappa shape index (κ2) is 4.76. The average molecular weight is 351 g/mol. The van der Waals surface area contributed by atoms with E-state index in [-0.39, 0.29) is 0 Å². The maximum atomic E-state index is 6.00. The van der Waals surface area contributed by atoms with Crippen LogP contribution in [0.2, 0.25) is 5.15 Å². The third-order valence-electron chi connectivity index (χ3n) is 1.94. The highest BCUT2D eigenvalue weighted by Gasteiger charge is 2.07. The van der Waals surface area contributed by atoms with Crippen LogP contribution >= 0.6 is 45.5 Å². The van der Waals surface area contributed by atoms with E-state index in [1.807, 2.05) is 13.0 Å². The van der Waals surface area contributed by atoms with Crippen LogP contribution in [-0.2, 0) is 6.42 Å². The first kappa shape index (κ1) is 11.3. The quantitative estimate of drug-likeness (QED) is 0.610. The Hall–Kier alpha value is -0.200. The summed E-state index contributed by atoms with van der Waals surface area (Å²) in [6.07, 6.45) is 0.759. The second-order valence-corrected chi connectivity index (χ2v) is 5.56. The average Bonchev–Trinajstić information content (AvgIpc) is 2.66. The number of hydrogen-bond acceptors (Lipinski definition) is 3. The van der Waals surface area contributed by atoms with Gasteiger partial charge < -0.3 is 0 Å². The molecule has 0 spiro atoms. The SMILES string of the molecule is Cc1nc(Cc2cccs2)nc(Cl)c1I. The Bertz CT molecular complexity index is 447. The van der Waals surface area contributed by atoms with Gasteiger partial charge in [-0.1, -0.05) is 17.7 Å². The van der Waals surface area contributed by atoms with Crippen LogP contribution in [0.3, 0.4) is 0 Å². The lowest BCUT2D eigenvalue weighted by atomic mass is 10.3. The summed E-state index contributed by atoms with van der Waals surface area (Å²) in [5, 5.41) is 2.60. The van der Waals surface area contributed by atoms with Crippen molar-refractivity contribution in [3.05, 3.63) is 42.6 Å². The molecule has 0 atom stereocenters. The summed E-state index contributed by atoms with van der Waals surface area (Å²) >= 11 is 9.87. The van der Waals surface area contributed by atoms with Gasteiger partial charge in [-0.2, -0.15) is 0 Å². The molecule has 5 heteroatoms. The normalized spacial score (nSPS) is 10.6. The maximum absolute atomic E-state index is 6.00. The maximum Gasteiger partial charge on any atom is 0.146 e. The molecule has 2 aromatic heterocycles. The zero-order valence-corrected chi connectivity index (χ0v) is 11.7. The fourth-order valence-corrected chi connectivity index (χ4v) is 2.40. The van der Waals surface area contributed by atoms with Crippen molar-refractivity contribution in [3.8, 4) is 0 Å². The molecule has 0 aliphatic rings. The van der Waals surface area contributed by atoms with Gasteiger partial charge in [0.15, 0.2) is 0 Å². The number of hydrogen-bond donors (Lipinski definition) is 0. The molecule has 2 nitrogen and oxygen atoms in total. The van der Waals surface area contributed by atoms with Crippen LogP contribution in [0.5, 0.6) is 0 Å². The number of halogens is 2. The van der Waals surface area contributed by atoms with Crippen molar-refractivity contribution in [1.29, 1.82) is 0 Å². The Morgan fingerprint density at radius 3 is 2.87 bits per heavy atom. The molecular weight excluding hydrogens is 343 g/mol. The first-order valence-electron chi connectivity index (χ1n) is 4.37. The second-order valence-electron chi connectivity index (χ2n) is 3.09. The highest BCUT2D eigenvalue weighted by Crippen LogP contribution is 2.20. The summed E-state index contributed by atoms with van der Waals surface area (Å²) < 4.78 is 0.934. The number of aryl methyl sites for hydroxylation is 1. The van der Waals surface area contributed by atoms with E-state index in [2.05, 4.69) is 44.0 Å². The summed E-state index contributed by atoms with van der Waals surface area (Å²) in [5.41, 5.74) is 0.946. The Labute approximate surface area is 111 Å². The van der Waals surface area contributed by atoms with Gasteiger partial charge in [-0.15, -0.1) is 11.3 Å². The van der Waals surface area contributed by atoms with Crippen LogP contribution in [0.4, 0.5) is 0 Å². The first-order valence-corrected chi connectivity index (χ1v) is 6.71. The zero-order chi connectivity index (χ0) is 10.8. The van der Waals surface area contributed by atoms with E-state index >= 15 is 0 Å². The number of aromatic nitrogens is 2. The van der Waals surface area contributed by atoms with E-state index in [9.17, 15) is 0 Å². The van der Waals surface area contributed by atoms with Crippen molar-refractivity contribution in [2.75, 3.05) is 0 Å². The predicted octanol–water partition coefficient (Wildman–Crippen LogP) is 3.70. The molecule has 78 valence electrons. The molecule has 0 N–H and O–H groups in total. The van der Waals surface area contributed by atoms with E-state index < -0.39 is 0 Å². The van der Waals surface area contributed by atoms with E-state index in [1.54, 1.807) is 11.3 Å². The van der Waals surface area contributed by atoms with E-state index in [1.165, 1.54) is 4.88 Å². The van der Waals surface area contributed by atoms with Crippen molar-refractivity contribution < 1.29 is 0 Å². The molecule has 0 aliphatic carbocycles. The van der Waals surface area contributed by atoms with Crippen molar-refractivity contribution in [3.63, 3.8) is 0 Å². The Balaban J connectivity index is 2.30. The molecule has 0 radical (unpaired) electrons. The minimum atomic E-state index is 0.551. The molecule has 0 amide bonds. The fraction of sp³-hybridized carbons (Fsp3) is 0.200. The monoisotopic (exact) mass is 350 g/mol. The predicted molar refractivity (Wildman–Crippen MR) is 71.6 cm³/mol.